The molecule has 0 unspecified atom stereocenters. The van der Waals surface area contributed by atoms with Gasteiger partial charge >= 0.3 is 0 Å². The van der Waals surface area contributed by atoms with Crippen LogP contribution in [0, 0.1) is 0 Å². The standard InChI is InChI=1S/C14H18N2OS2/c1-15(12-7-3-2-4-8-12)13(17)11-19-14(18)16-9-5-6-10-16/h2-4,7-8H,5-6,9-11H2,1H3. The summed E-state index contributed by atoms with van der Waals surface area (Å²) < 4.78 is 0.854. The molecule has 19 heavy (non-hydrogen) atoms. The van der Waals surface area contributed by atoms with Gasteiger partial charge in [0.25, 0.3) is 0 Å². The van der Waals surface area contributed by atoms with Crippen molar-refractivity contribution < 1.29 is 4.79 Å². The average Bonchev–Trinajstić information content (AvgIpc) is 2.98. The number of hydrogen-bond donors (Lipinski definition) is 0. The highest BCUT2D eigenvalue weighted by atomic mass is 32.2. The van der Waals surface area contributed by atoms with Crippen molar-refractivity contribution in [1.82, 2.24) is 4.90 Å². The van der Waals surface area contributed by atoms with Crippen molar-refractivity contribution in [1.29, 1.82) is 0 Å². The molecule has 0 atom stereocenters. The van der Waals surface area contributed by atoms with E-state index in [1.54, 1.807) is 11.9 Å². The fourth-order valence-corrected chi connectivity index (χ4v) is 3.17. The minimum Gasteiger partial charge on any atom is -0.358 e. The molecule has 1 aromatic carbocycles. The summed E-state index contributed by atoms with van der Waals surface area (Å²) in [5, 5.41) is 0. The van der Waals surface area contributed by atoms with Gasteiger partial charge in [0.2, 0.25) is 5.91 Å². The second-order valence-electron chi connectivity index (χ2n) is 4.54. The molecule has 0 radical (unpaired) electrons. The zero-order chi connectivity index (χ0) is 13.7. The number of likely N-dealkylation sites (tertiary alicyclic amines) is 1. The van der Waals surface area contributed by atoms with Gasteiger partial charge in [0.15, 0.2) is 0 Å². The number of thioether (sulfide) groups is 1. The lowest BCUT2D eigenvalue weighted by molar-refractivity contribution is -0.115. The molecule has 1 saturated heterocycles. The number of amides is 1. The maximum absolute atomic E-state index is 12.1. The fraction of sp³-hybridized carbons (Fsp3) is 0.429. The van der Waals surface area contributed by atoms with Crippen LogP contribution in [0.15, 0.2) is 30.3 Å². The minimum absolute atomic E-state index is 0.0812. The van der Waals surface area contributed by atoms with Crippen LogP contribution in [-0.4, -0.2) is 41.0 Å². The Morgan fingerprint density at radius 2 is 1.95 bits per heavy atom. The Kier molecular flexibility index (Phi) is 5.22. The van der Waals surface area contributed by atoms with Crippen molar-refractivity contribution in [2.75, 3.05) is 30.8 Å². The number of thiocarbonyl (C=S) groups is 1. The summed E-state index contributed by atoms with van der Waals surface area (Å²) >= 11 is 6.82. The summed E-state index contributed by atoms with van der Waals surface area (Å²) in [6.45, 7) is 2.07. The van der Waals surface area contributed by atoms with Gasteiger partial charge in [0, 0.05) is 25.8 Å². The summed E-state index contributed by atoms with van der Waals surface area (Å²) in [6, 6.07) is 9.67. The minimum atomic E-state index is 0.0812. The molecule has 1 fully saturated rings. The molecule has 1 aliphatic rings. The Labute approximate surface area is 124 Å². The summed E-state index contributed by atoms with van der Waals surface area (Å²) in [6.07, 6.45) is 2.41. The number of carbonyl (C=O) groups excluding carboxylic acids is 1. The number of hydrogen-bond acceptors (Lipinski definition) is 3. The lowest BCUT2D eigenvalue weighted by atomic mass is 10.3. The first kappa shape index (κ1) is 14.3. The Bertz CT molecular complexity index is 444. The fourth-order valence-electron chi connectivity index (χ4n) is 2.01. The zero-order valence-electron chi connectivity index (χ0n) is 11.0. The van der Waals surface area contributed by atoms with Crippen LogP contribution in [0.3, 0.4) is 0 Å². The maximum atomic E-state index is 12.1. The van der Waals surface area contributed by atoms with Gasteiger partial charge in [0.05, 0.1) is 5.75 Å². The van der Waals surface area contributed by atoms with E-state index in [-0.39, 0.29) is 5.91 Å². The highest BCUT2D eigenvalue weighted by Crippen LogP contribution is 2.18. The first-order chi connectivity index (χ1) is 9.18. The van der Waals surface area contributed by atoms with Gasteiger partial charge in [-0.1, -0.05) is 42.2 Å². The van der Waals surface area contributed by atoms with Crippen molar-refractivity contribution in [3.8, 4) is 0 Å². The van der Waals surface area contributed by atoms with Crippen molar-refractivity contribution in [2.45, 2.75) is 12.8 Å². The van der Waals surface area contributed by atoms with Crippen LogP contribution in [-0.2, 0) is 4.79 Å². The molecular weight excluding hydrogens is 276 g/mol. The van der Waals surface area contributed by atoms with E-state index in [0.717, 1.165) is 23.1 Å². The summed E-state index contributed by atoms with van der Waals surface area (Å²) in [7, 11) is 1.80. The molecule has 0 aromatic heterocycles. The van der Waals surface area contributed by atoms with Crippen molar-refractivity contribution in [3.63, 3.8) is 0 Å². The predicted molar refractivity (Wildman–Crippen MR) is 85.7 cm³/mol. The maximum Gasteiger partial charge on any atom is 0.237 e. The monoisotopic (exact) mass is 294 g/mol. The number of para-hydroxylation sites is 1. The predicted octanol–water partition coefficient (Wildman–Crippen LogP) is 2.76. The lowest BCUT2D eigenvalue weighted by Crippen LogP contribution is -2.30. The molecule has 2 rings (SSSR count). The average molecular weight is 294 g/mol. The molecular formula is C14H18N2OS2. The van der Waals surface area contributed by atoms with E-state index >= 15 is 0 Å². The van der Waals surface area contributed by atoms with Crippen LogP contribution in [0.1, 0.15) is 12.8 Å². The van der Waals surface area contributed by atoms with Crippen molar-refractivity contribution >= 4 is 39.9 Å². The van der Waals surface area contributed by atoms with E-state index < -0.39 is 0 Å². The van der Waals surface area contributed by atoms with E-state index in [2.05, 4.69) is 4.90 Å². The first-order valence-corrected chi connectivity index (χ1v) is 7.81. The second kappa shape index (κ2) is 6.91. The zero-order valence-corrected chi connectivity index (χ0v) is 12.7. The lowest BCUT2D eigenvalue weighted by Gasteiger charge is -2.20. The highest BCUT2D eigenvalue weighted by Gasteiger charge is 2.17. The van der Waals surface area contributed by atoms with Gasteiger partial charge in [-0.25, -0.2) is 0 Å². The third-order valence-corrected chi connectivity index (χ3v) is 4.71. The number of anilines is 1. The normalized spacial score (nSPS) is 14.5. The van der Waals surface area contributed by atoms with E-state index in [9.17, 15) is 4.79 Å². The number of rotatable bonds is 3. The Morgan fingerprint density at radius 1 is 1.32 bits per heavy atom. The van der Waals surface area contributed by atoms with Crippen LogP contribution >= 0.6 is 24.0 Å². The Balaban J connectivity index is 1.82. The van der Waals surface area contributed by atoms with E-state index in [0.29, 0.717) is 5.75 Å². The van der Waals surface area contributed by atoms with Gasteiger partial charge < -0.3 is 9.80 Å². The highest BCUT2D eigenvalue weighted by molar-refractivity contribution is 8.23. The molecule has 5 heteroatoms. The van der Waals surface area contributed by atoms with Crippen molar-refractivity contribution in [3.05, 3.63) is 30.3 Å². The summed E-state index contributed by atoms with van der Waals surface area (Å²) in [4.78, 5) is 16.0. The molecule has 1 aliphatic heterocycles. The Hall–Kier alpha value is -1.07. The first-order valence-electron chi connectivity index (χ1n) is 6.42. The molecule has 1 heterocycles. The van der Waals surface area contributed by atoms with E-state index in [1.807, 2.05) is 30.3 Å². The topological polar surface area (TPSA) is 23.6 Å². The Morgan fingerprint density at radius 3 is 2.58 bits per heavy atom. The third-order valence-electron chi connectivity index (χ3n) is 3.20. The van der Waals surface area contributed by atoms with Gasteiger partial charge in [-0.15, -0.1) is 0 Å². The molecule has 0 saturated carbocycles. The van der Waals surface area contributed by atoms with Crippen LogP contribution in [0.25, 0.3) is 0 Å². The molecule has 1 amide bonds. The van der Waals surface area contributed by atoms with Gasteiger partial charge in [-0.2, -0.15) is 0 Å². The van der Waals surface area contributed by atoms with Gasteiger partial charge in [-0.05, 0) is 25.0 Å². The smallest absolute Gasteiger partial charge is 0.237 e. The third kappa shape index (κ3) is 3.94. The molecule has 0 spiro atoms. The van der Waals surface area contributed by atoms with Crippen molar-refractivity contribution in [2.24, 2.45) is 0 Å². The van der Waals surface area contributed by atoms with E-state index in [4.69, 9.17) is 12.2 Å². The molecule has 0 bridgehead atoms. The van der Waals surface area contributed by atoms with Crippen LogP contribution in [0.4, 0.5) is 5.69 Å². The van der Waals surface area contributed by atoms with Gasteiger partial charge in [-0.3, -0.25) is 4.79 Å². The molecule has 0 N–H and O–H groups in total. The quantitative estimate of drug-likeness (QED) is 0.800. The molecule has 1 aromatic rings. The second-order valence-corrected chi connectivity index (χ2v) is 6.15. The summed E-state index contributed by atoms with van der Waals surface area (Å²) in [5.41, 5.74) is 0.917. The molecule has 3 nitrogen and oxygen atoms in total. The molecule has 0 aliphatic carbocycles. The number of benzene rings is 1. The number of nitrogens with zero attached hydrogens (tertiary/aromatic N) is 2. The van der Waals surface area contributed by atoms with Gasteiger partial charge in [0.1, 0.15) is 4.32 Å². The number of carbonyl (C=O) groups is 1. The summed E-state index contributed by atoms with van der Waals surface area (Å²) in [5.74, 6) is 0.485. The molecule has 102 valence electrons. The van der Waals surface area contributed by atoms with E-state index in [1.165, 1.54) is 24.6 Å². The van der Waals surface area contributed by atoms with Crippen LogP contribution in [0.5, 0.6) is 0 Å². The largest absolute Gasteiger partial charge is 0.358 e. The van der Waals surface area contributed by atoms with Crippen LogP contribution in [0.2, 0.25) is 0 Å². The van der Waals surface area contributed by atoms with Crippen LogP contribution < -0.4 is 4.90 Å². The SMILES string of the molecule is CN(C(=O)CSC(=S)N1CCCC1)c1ccccc1.